The molecule has 0 unspecified atom stereocenters. The van der Waals surface area contributed by atoms with Crippen LogP contribution in [0.25, 0.3) is 0 Å². The monoisotopic (exact) mass is 281 g/mol. The summed E-state index contributed by atoms with van der Waals surface area (Å²) >= 11 is 1.66. The summed E-state index contributed by atoms with van der Waals surface area (Å²) in [6.07, 6.45) is 4.69. The number of imidazole rings is 1. The Labute approximate surface area is 116 Å². The number of hydrogen-bond acceptors (Lipinski definition) is 6. The number of hydrogen-bond donors (Lipinski definition) is 1. The van der Waals surface area contributed by atoms with Crippen LogP contribution in [0.1, 0.15) is 12.7 Å². The van der Waals surface area contributed by atoms with E-state index in [9.17, 15) is 0 Å². The van der Waals surface area contributed by atoms with Crippen molar-refractivity contribution < 1.29 is 0 Å². The first-order valence-corrected chi connectivity index (χ1v) is 7.35. The zero-order valence-corrected chi connectivity index (χ0v) is 12.1. The van der Waals surface area contributed by atoms with Crippen LogP contribution in [-0.2, 0) is 20.0 Å². The largest absolute Gasteiger partial charge is 0.338 e. The van der Waals surface area contributed by atoms with Crippen molar-refractivity contribution in [2.24, 2.45) is 7.05 Å². The minimum Gasteiger partial charge on any atom is -0.338 e. The Morgan fingerprint density at radius 2 is 2.32 bits per heavy atom. The van der Waals surface area contributed by atoms with E-state index in [-0.39, 0.29) is 0 Å². The summed E-state index contributed by atoms with van der Waals surface area (Å²) in [6, 6.07) is 0. The van der Waals surface area contributed by atoms with Crippen LogP contribution in [0, 0.1) is 0 Å². The zero-order chi connectivity index (χ0) is 13.5. The van der Waals surface area contributed by atoms with Gasteiger partial charge in [0.25, 0.3) is 0 Å². The predicted octanol–water partition coefficient (Wildman–Crippen LogP) is 0.351. The van der Waals surface area contributed by atoms with E-state index in [0.29, 0.717) is 0 Å². The van der Waals surface area contributed by atoms with Crippen LogP contribution in [0.4, 0.5) is 0 Å². The molecule has 0 spiro atoms. The Morgan fingerprint density at radius 3 is 3.05 bits per heavy atom. The van der Waals surface area contributed by atoms with Gasteiger partial charge in [0, 0.05) is 38.2 Å². The molecule has 8 heteroatoms. The molecule has 1 N–H and O–H groups in total. The van der Waals surface area contributed by atoms with Crippen molar-refractivity contribution in [3.8, 4) is 0 Å². The van der Waals surface area contributed by atoms with Crippen molar-refractivity contribution in [2.75, 3.05) is 18.8 Å². The molecule has 0 saturated carbocycles. The lowest BCUT2D eigenvalue weighted by molar-refractivity contribution is 0.517. The van der Waals surface area contributed by atoms with Gasteiger partial charge in [0.1, 0.15) is 5.82 Å². The fraction of sp³-hybridized carbons (Fsp3) is 0.636. The molecule has 7 nitrogen and oxygen atoms in total. The molecule has 0 bridgehead atoms. The molecule has 0 aromatic carbocycles. The molecule has 104 valence electrons. The summed E-state index contributed by atoms with van der Waals surface area (Å²) in [6.45, 7) is 4.73. The Balaban J connectivity index is 1.79. The molecule has 0 aliphatic heterocycles. The number of aryl methyl sites for hydroxylation is 2. The highest BCUT2D eigenvalue weighted by atomic mass is 32.2. The van der Waals surface area contributed by atoms with Crippen molar-refractivity contribution in [3.05, 3.63) is 18.2 Å². The average molecular weight is 281 g/mol. The minimum atomic E-state index is 0.797. The number of aromatic nitrogens is 6. The first-order valence-electron chi connectivity index (χ1n) is 6.37. The van der Waals surface area contributed by atoms with Gasteiger partial charge < -0.3 is 9.88 Å². The van der Waals surface area contributed by atoms with E-state index >= 15 is 0 Å². The lowest BCUT2D eigenvalue weighted by atomic mass is 10.4. The number of tetrazole rings is 1. The Morgan fingerprint density at radius 1 is 1.42 bits per heavy atom. The van der Waals surface area contributed by atoms with E-state index in [2.05, 4.69) is 32.7 Å². The van der Waals surface area contributed by atoms with Crippen LogP contribution in [0.15, 0.2) is 17.6 Å². The van der Waals surface area contributed by atoms with Gasteiger partial charge in [-0.25, -0.2) is 9.67 Å². The summed E-state index contributed by atoms with van der Waals surface area (Å²) in [5.74, 6) is 2.01. The Bertz CT molecular complexity index is 493. The van der Waals surface area contributed by atoms with Crippen molar-refractivity contribution in [2.45, 2.75) is 25.0 Å². The SMILES string of the molecule is CCNCCn1nnnc1SCCc1nccn1C. The first-order chi connectivity index (χ1) is 9.31. The van der Waals surface area contributed by atoms with Crippen LogP contribution in [0.3, 0.4) is 0 Å². The van der Waals surface area contributed by atoms with Crippen LogP contribution >= 0.6 is 11.8 Å². The van der Waals surface area contributed by atoms with Gasteiger partial charge >= 0.3 is 0 Å². The van der Waals surface area contributed by atoms with Crippen LogP contribution in [-0.4, -0.2) is 48.6 Å². The average Bonchev–Trinajstić information content (AvgIpc) is 3.00. The third-order valence-electron chi connectivity index (χ3n) is 2.73. The van der Waals surface area contributed by atoms with Gasteiger partial charge in [0.05, 0.1) is 6.54 Å². The fourth-order valence-corrected chi connectivity index (χ4v) is 2.51. The van der Waals surface area contributed by atoms with Gasteiger partial charge in [0.2, 0.25) is 5.16 Å². The fourth-order valence-electron chi connectivity index (χ4n) is 1.67. The maximum Gasteiger partial charge on any atom is 0.209 e. The normalized spacial score (nSPS) is 11.1. The van der Waals surface area contributed by atoms with E-state index in [1.807, 2.05) is 28.7 Å². The second-order valence-electron chi connectivity index (χ2n) is 4.09. The summed E-state index contributed by atoms with van der Waals surface area (Å²) in [5, 5.41) is 15.9. The van der Waals surface area contributed by atoms with Crippen molar-refractivity contribution >= 4 is 11.8 Å². The van der Waals surface area contributed by atoms with Gasteiger partial charge in [-0.1, -0.05) is 18.7 Å². The molecule has 2 heterocycles. The van der Waals surface area contributed by atoms with Crippen LogP contribution in [0.2, 0.25) is 0 Å². The molecule has 0 radical (unpaired) electrons. The van der Waals surface area contributed by atoms with Crippen LogP contribution in [0.5, 0.6) is 0 Å². The maximum atomic E-state index is 4.30. The molecule has 2 aromatic heterocycles. The third kappa shape index (κ3) is 4.03. The molecular formula is C11H19N7S. The molecule has 2 aromatic rings. The van der Waals surface area contributed by atoms with Crippen LogP contribution < -0.4 is 5.32 Å². The molecule has 2 rings (SSSR count). The summed E-state index contributed by atoms with van der Waals surface area (Å²) in [5.41, 5.74) is 0. The highest BCUT2D eigenvalue weighted by molar-refractivity contribution is 7.99. The zero-order valence-electron chi connectivity index (χ0n) is 11.3. The maximum absolute atomic E-state index is 4.30. The van der Waals surface area contributed by atoms with Crippen molar-refractivity contribution in [1.29, 1.82) is 0 Å². The lowest BCUT2D eigenvalue weighted by Crippen LogP contribution is -2.20. The third-order valence-corrected chi connectivity index (χ3v) is 3.69. The van der Waals surface area contributed by atoms with E-state index in [1.165, 1.54) is 0 Å². The van der Waals surface area contributed by atoms with E-state index in [0.717, 1.165) is 42.8 Å². The number of rotatable bonds is 8. The number of nitrogens with zero attached hydrogens (tertiary/aromatic N) is 6. The highest BCUT2D eigenvalue weighted by Crippen LogP contribution is 2.14. The molecule has 0 amide bonds. The molecule has 0 fully saturated rings. The van der Waals surface area contributed by atoms with Gasteiger partial charge in [0.15, 0.2) is 0 Å². The van der Waals surface area contributed by atoms with Gasteiger partial charge in [-0.2, -0.15) is 0 Å². The van der Waals surface area contributed by atoms with E-state index in [4.69, 9.17) is 0 Å². The quantitative estimate of drug-likeness (QED) is 0.556. The summed E-state index contributed by atoms with van der Waals surface area (Å²) in [7, 11) is 2.01. The van der Waals surface area contributed by atoms with Crippen molar-refractivity contribution in [3.63, 3.8) is 0 Å². The van der Waals surface area contributed by atoms with Gasteiger partial charge in [-0.15, -0.1) is 5.10 Å². The standard InChI is InChI=1S/C11H19N7S/c1-3-12-5-8-18-11(14-15-16-18)19-9-4-10-13-6-7-17(10)2/h6-7,12H,3-5,8-9H2,1-2H3. The highest BCUT2D eigenvalue weighted by Gasteiger charge is 2.07. The second kappa shape index (κ2) is 7.25. The molecule has 0 atom stereocenters. The number of thioether (sulfide) groups is 1. The van der Waals surface area contributed by atoms with E-state index < -0.39 is 0 Å². The predicted molar refractivity (Wildman–Crippen MR) is 74.0 cm³/mol. The van der Waals surface area contributed by atoms with Gasteiger partial charge in [-0.3, -0.25) is 0 Å². The molecule has 19 heavy (non-hydrogen) atoms. The molecule has 0 aliphatic rings. The molecular weight excluding hydrogens is 262 g/mol. The Hall–Kier alpha value is -1.41. The van der Waals surface area contributed by atoms with Gasteiger partial charge in [-0.05, 0) is 17.0 Å². The summed E-state index contributed by atoms with van der Waals surface area (Å²) < 4.78 is 3.88. The number of likely N-dealkylation sites (N-methyl/N-ethyl adjacent to an activating group) is 1. The van der Waals surface area contributed by atoms with Crippen molar-refractivity contribution in [1.82, 2.24) is 35.1 Å². The minimum absolute atomic E-state index is 0.797. The smallest absolute Gasteiger partial charge is 0.209 e. The van der Waals surface area contributed by atoms with E-state index in [1.54, 1.807) is 11.8 Å². The lowest BCUT2D eigenvalue weighted by Gasteiger charge is -2.04. The first kappa shape index (κ1) is 14.0. The number of nitrogens with one attached hydrogen (secondary N) is 1. The Kier molecular flexibility index (Phi) is 5.34. The molecule has 0 aliphatic carbocycles. The molecule has 0 saturated heterocycles. The summed E-state index contributed by atoms with van der Waals surface area (Å²) in [4.78, 5) is 4.30. The second-order valence-corrected chi connectivity index (χ2v) is 5.15. The topological polar surface area (TPSA) is 73.5 Å².